The van der Waals surface area contributed by atoms with Crippen LogP contribution in [0.3, 0.4) is 0 Å². The van der Waals surface area contributed by atoms with E-state index in [1.54, 1.807) is 49.6 Å². The molecule has 0 bridgehead atoms. The van der Waals surface area contributed by atoms with E-state index in [1.807, 2.05) is 0 Å². The topological polar surface area (TPSA) is 81.2 Å². The number of esters is 1. The van der Waals surface area contributed by atoms with Gasteiger partial charge in [-0.05, 0) is 37.3 Å². The zero-order valence-corrected chi connectivity index (χ0v) is 13.1. The molecule has 3 rings (SSSR count). The molecule has 0 aliphatic heterocycles. The molecule has 0 saturated heterocycles. The molecule has 0 atom stereocenters. The summed E-state index contributed by atoms with van der Waals surface area (Å²) in [6.45, 7) is 2.09. The van der Waals surface area contributed by atoms with Crippen LogP contribution >= 0.6 is 11.3 Å². The molecule has 2 aromatic heterocycles. The highest BCUT2D eigenvalue weighted by molar-refractivity contribution is 7.22. The Hall–Kier alpha value is -2.80. The maximum absolute atomic E-state index is 12.1. The number of aromatic nitrogens is 2. The van der Waals surface area contributed by atoms with Crippen molar-refractivity contribution < 1.29 is 14.3 Å². The summed E-state index contributed by atoms with van der Waals surface area (Å²) in [6, 6.07) is 8.37. The standard InChI is InChI=1S/C16H13N3O3S/c1-2-22-15(21)11-3-4-12-13(9-11)23-16(18-12)19-14(20)10-5-7-17-8-6-10/h3-9H,2H2,1H3,(H,18,19,20). The van der Waals surface area contributed by atoms with E-state index in [4.69, 9.17) is 4.74 Å². The summed E-state index contributed by atoms with van der Waals surface area (Å²) in [5, 5.41) is 3.22. The number of nitrogens with one attached hydrogen (secondary N) is 1. The van der Waals surface area contributed by atoms with Gasteiger partial charge in [0.25, 0.3) is 5.91 Å². The Morgan fingerprint density at radius 1 is 1.17 bits per heavy atom. The quantitative estimate of drug-likeness (QED) is 0.745. The number of benzene rings is 1. The largest absolute Gasteiger partial charge is 0.462 e. The maximum atomic E-state index is 12.1. The minimum Gasteiger partial charge on any atom is -0.462 e. The highest BCUT2D eigenvalue weighted by Gasteiger charge is 2.12. The summed E-state index contributed by atoms with van der Waals surface area (Å²) in [6.07, 6.45) is 3.11. The van der Waals surface area contributed by atoms with E-state index in [0.29, 0.717) is 28.4 Å². The third-order valence-corrected chi connectivity index (χ3v) is 4.00. The van der Waals surface area contributed by atoms with Gasteiger partial charge >= 0.3 is 5.97 Å². The highest BCUT2D eigenvalue weighted by Crippen LogP contribution is 2.27. The second kappa shape index (κ2) is 6.53. The number of thiazole rings is 1. The van der Waals surface area contributed by atoms with Crippen LogP contribution in [0, 0.1) is 0 Å². The number of anilines is 1. The summed E-state index contributed by atoms with van der Waals surface area (Å²) >= 11 is 1.30. The predicted molar refractivity (Wildman–Crippen MR) is 87.8 cm³/mol. The molecule has 0 unspecified atom stereocenters. The van der Waals surface area contributed by atoms with Crippen LogP contribution in [0.5, 0.6) is 0 Å². The SMILES string of the molecule is CCOC(=O)c1ccc2nc(NC(=O)c3ccncc3)sc2c1. The molecule has 0 fully saturated rings. The Morgan fingerprint density at radius 3 is 2.70 bits per heavy atom. The highest BCUT2D eigenvalue weighted by atomic mass is 32.1. The number of hydrogen-bond donors (Lipinski definition) is 1. The van der Waals surface area contributed by atoms with Gasteiger partial charge in [-0.3, -0.25) is 15.1 Å². The first-order valence-corrected chi connectivity index (χ1v) is 7.78. The normalized spacial score (nSPS) is 10.5. The monoisotopic (exact) mass is 327 g/mol. The Kier molecular flexibility index (Phi) is 4.29. The van der Waals surface area contributed by atoms with Crippen LogP contribution in [0.1, 0.15) is 27.6 Å². The van der Waals surface area contributed by atoms with Crippen molar-refractivity contribution in [1.29, 1.82) is 0 Å². The molecule has 2 heterocycles. The van der Waals surface area contributed by atoms with Crippen LogP contribution in [0.15, 0.2) is 42.7 Å². The number of rotatable bonds is 4. The Bertz CT molecular complexity index is 861. The fourth-order valence-electron chi connectivity index (χ4n) is 1.99. The first kappa shape index (κ1) is 15.1. The minimum absolute atomic E-state index is 0.253. The van der Waals surface area contributed by atoms with E-state index in [0.717, 1.165) is 4.70 Å². The van der Waals surface area contributed by atoms with E-state index in [-0.39, 0.29) is 11.9 Å². The first-order valence-electron chi connectivity index (χ1n) is 6.96. The average molecular weight is 327 g/mol. The number of carbonyl (C=O) groups excluding carboxylic acids is 2. The van der Waals surface area contributed by atoms with Crippen molar-refractivity contribution in [2.75, 3.05) is 11.9 Å². The second-order valence-corrected chi connectivity index (χ2v) is 5.64. The Morgan fingerprint density at radius 2 is 1.96 bits per heavy atom. The maximum Gasteiger partial charge on any atom is 0.338 e. The summed E-state index contributed by atoms with van der Waals surface area (Å²) in [4.78, 5) is 32.1. The van der Waals surface area contributed by atoms with Crippen LogP contribution in [0.25, 0.3) is 10.2 Å². The molecule has 3 aromatic rings. The Labute approximate surface area is 136 Å². The van der Waals surface area contributed by atoms with Gasteiger partial charge in [-0.2, -0.15) is 0 Å². The van der Waals surface area contributed by atoms with Crippen molar-refractivity contribution in [3.63, 3.8) is 0 Å². The van der Waals surface area contributed by atoms with Crippen molar-refractivity contribution in [1.82, 2.24) is 9.97 Å². The molecule has 6 nitrogen and oxygen atoms in total. The van der Waals surface area contributed by atoms with Gasteiger partial charge in [-0.25, -0.2) is 9.78 Å². The lowest BCUT2D eigenvalue weighted by molar-refractivity contribution is 0.0526. The molecule has 1 N–H and O–H groups in total. The van der Waals surface area contributed by atoms with Crippen LogP contribution in [0.2, 0.25) is 0 Å². The zero-order chi connectivity index (χ0) is 16.2. The number of pyridine rings is 1. The van der Waals surface area contributed by atoms with E-state index in [2.05, 4.69) is 15.3 Å². The van der Waals surface area contributed by atoms with Crippen LogP contribution in [-0.4, -0.2) is 28.5 Å². The number of carbonyl (C=O) groups is 2. The number of nitrogens with zero attached hydrogens (tertiary/aromatic N) is 2. The lowest BCUT2D eigenvalue weighted by Gasteiger charge is -2.00. The van der Waals surface area contributed by atoms with Gasteiger partial charge in [-0.1, -0.05) is 11.3 Å². The van der Waals surface area contributed by atoms with Gasteiger partial charge in [0.05, 0.1) is 22.4 Å². The number of hydrogen-bond acceptors (Lipinski definition) is 6. The summed E-state index contributed by atoms with van der Waals surface area (Å²) in [7, 11) is 0. The van der Waals surface area contributed by atoms with Gasteiger partial charge in [0, 0.05) is 18.0 Å². The molecule has 23 heavy (non-hydrogen) atoms. The molecule has 0 radical (unpaired) electrons. The molecular weight excluding hydrogens is 314 g/mol. The number of fused-ring (bicyclic) bond motifs is 1. The second-order valence-electron chi connectivity index (χ2n) is 4.61. The van der Waals surface area contributed by atoms with Crippen molar-refractivity contribution >= 4 is 38.6 Å². The molecule has 0 aliphatic rings. The predicted octanol–water partition coefficient (Wildman–Crippen LogP) is 3.12. The summed E-state index contributed by atoms with van der Waals surface area (Å²) in [5.41, 5.74) is 1.69. The summed E-state index contributed by atoms with van der Waals surface area (Å²) in [5.74, 6) is -0.623. The first-order chi connectivity index (χ1) is 11.2. The van der Waals surface area contributed by atoms with Gasteiger partial charge in [-0.15, -0.1) is 0 Å². The molecule has 1 amide bonds. The molecule has 0 spiro atoms. The number of amides is 1. The molecule has 0 saturated carbocycles. The summed E-state index contributed by atoms with van der Waals surface area (Å²) < 4.78 is 5.78. The third kappa shape index (κ3) is 3.35. The molecule has 0 aliphatic carbocycles. The fourth-order valence-corrected chi connectivity index (χ4v) is 2.89. The van der Waals surface area contributed by atoms with Gasteiger partial charge in [0.15, 0.2) is 5.13 Å². The van der Waals surface area contributed by atoms with Crippen LogP contribution in [-0.2, 0) is 4.74 Å². The molecule has 116 valence electrons. The Balaban J connectivity index is 1.83. The number of ether oxygens (including phenoxy) is 1. The average Bonchev–Trinajstić information content (AvgIpc) is 2.97. The lowest BCUT2D eigenvalue weighted by atomic mass is 10.2. The van der Waals surface area contributed by atoms with Crippen molar-refractivity contribution in [3.8, 4) is 0 Å². The van der Waals surface area contributed by atoms with E-state index in [1.165, 1.54) is 11.3 Å². The van der Waals surface area contributed by atoms with Crippen molar-refractivity contribution in [2.24, 2.45) is 0 Å². The third-order valence-electron chi connectivity index (χ3n) is 3.06. The van der Waals surface area contributed by atoms with E-state index < -0.39 is 0 Å². The van der Waals surface area contributed by atoms with E-state index >= 15 is 0 Å². The van der Waals surface area contributed by atoms with Crippen molar-refractivity contribution in [2.45, 2.75) is 6.92 Å². The van der Waals surface area contributed by atoms with Gasteiger partial charge in [0.1, 0.15) is 0 Å². The lowest BCUT2D eigenvalue weighted by Crippen LogP contribution is -2.11. The fraction of sp³-hybridized carbons (Fsp3) is 0.125. The molecule has 1 aromatic carbocycles. The van der Waals surface area contributed by atoms with Gasteiger partial charge in [0.2, 0.25) is 0 Å². The van der Waals surface area contributed by atoms with E-state index in [9.17, 15) is 9.59 Å². The van der Waals surface area contributed by atoms with Crippen molar-refractivity contribution in [3.05, 3.63) is 53.9 Å². The van der Waals surface area contributed by atoms with Crippen LogP contribution in [0.4, 0.5) is 5.13 Å². The van der Waals surface area contributed by atoms with Gasteiger partial charge < -0.3 is 4.74 Å². The van der Waals surface area contributed by atoms with Crippen LogP contribution < -0.4 is 5.32 Å². The smallest absolute Gasteiger partial charge is 0.338 e. The zero-order valence-electron chi connectivity index (χ0n) is 12.3. The minimum atomic E-state index is -0.370. The molecule has 7 heteroatoms. The molecular formula is C16H13N3O3S.